The lowest BCUT2D eigenvalue weighted by Crippen LogP contribution is -2.04. The molecule has 3 heterocycles. The van der Waals surface area contributed by atoms with Gasteiger partial charge in [-0.05, 0) is 25.1 Å². The number of nitrogens with zero attached hydrogens (tertiary/aromatic N) is 4. The highest BCUT2D eigenvalue weighted by molar-refractivity contribution is 6.07. The SMILES string of the molecule is COC(=O)c1cc2[nH]c3cc(-c4c(C)nnn4C)cnc3c2cc1F. The van der Waals surface area contributed by atoms with E-state index in [9.17, 15) is 9.18 Å². The molecule has 0 unspecified atom stereocenters. The lowest BCUT2D eigenvalue weighted by Gasteiger charge is -2.02. The third-order valence-electron chi connectivity index (χ3n) is 4.19. The number of esters is 1. The van der Waals surface area contributed by atoms with Crippen molar-refractivity contribution in [3.8, 4) is 11.3 Å². The summed E-state index contributed by atoms with van der Waals surface area (Å²) in [5.41, 5.74) is 4.34. The molecule has 0 aliphatic carbocycles. The zero-order valence-corrected chi connectivity index (χ0v) is 13.8. The van der Waals surface area contributed by atoms with Crippen LogP contribution >= 0.6 is 0 Å². The number of ether oxygens (including phenoxy) is 1. The van der Waals surface area contributed by atoms with E-state index in [0.29, 0.717) is 16.4 Å². The van der Waals surface area contributed by atoms with E-state index in [0.717, 1.165) is 22.5 Å². The van der Waals surface area contributed by atoms with Crippen LogP contribution in [0.25, 0.3) is 33.2 Å². The predicted molar refractivity (Wildman–Crippen MR) is 89.6 cm³/mol. The Morgan fingerprint density at radius 2 is 2.08 bits per heavy atom. The number of fused-ring (bicyclic) bond motifs is 3. The Hall–Kier alpha value is -3.29. The van der Waals surface area contributed by atoms with E-state index in [1.807, 2.05) is 20.0 Å². The van der Waals surface area contributed by atoms with Crippen LogP contribution in [0.5, 0.6) is 0 Å². The number of aromatic nitrogens is 5. The summed E-state index contributed by atoms with van der Waals surface area (Å²) in [4.78, 5) is 19.3. The summed E-state index contributed by atoms with van der Waals surface area (Å²) in [5.74, 6) is -1.36. The Bertz CT molecular complexity index is 1130. The van der Waals surface area contributed by atoms with Gasteiger partial charge < -0.3 is 9.72 Å². The molecule has 1 N–H and O–H groups in total. The Labute approximate surface area is 141 Å². The summed E-state index contributed by atoms with van der Waals surface area (Å²) >= 11 is 0. The summed E-state index contributed by atoms with van der Waals surface area (Å²) in [6.07, 6.45) is 1.70. The molecule has 7 nitrogen and oxygen atoms in total. The van der Waals surface area contributed by atoms with Gasteiger partial charge in [-0.3, -0.25) is 4.98 Å². The summed E-state index contributed by atoms with van der Waals surface area (Å²) < 4.78 is 20.5. The molecule has 25 heavy (non-hydrogen) atoms. The van der Waals surface area contributed by atoms with Gasteiger partial charge in [0.2, 0.25) is 0 Å². The van der Waals surface area contributed by atoms with Gasteiger partial charge in [0.1, 0.15) is 5.82 Å². The van der Waals surface area contributed by atoms with Crippen LogP contribution < -0.4 is 0 Å². The van der Waals surface area contributed by atoms with E-state index in [1.165, 1.54) is 19.2 Å². The molecular formula is C17H14FN5O2. The van der Waals surface area contributed by atoms with Crippen molar-refractivity contribution < 1.29 is 13.9 Å². The highest BCUT2D eigenvalue weighted by Crippen LogP contribution is 2.30. The fourth-order valence-electron chi connectivity index (χ4n) is 3.04. The Balaban J connectivity index is 1.95. The molecule has 0 atom stereocenters. The number of hydrogen-bond acceptors (Lipinski definition) is 5. The van der Waals surface area contributed by atoms with E-state index in [-0.39, 0.29) is 5.56 Å². The van der Waals surface area contributed by atoms with Gasteiger partial charge in [0.15, 0.2) is 0 Å². The van der Waals surface area contributed by atoms with Gasteiger partial charge in [-0.15, -0.1) is 5.10 Å². The number of hydrogen-bond donors (Lipinski definition) is 1. The van der Waals surface area contributed by atoms with Crippen LogP contribution in [-0.4, -0.2) is 38.0 Å². The maximum absolute atomic E-state index is 14.2. The van der Waals surface area contributed by atoms with Crippen LogP contribution in [0, 0.1) is 12.7 Å². The van der Waals surface area contributed by atoms with Crippen molar-refractivity contribution in [1.29, 1.82) is 0 Å². The highest BCUT2D eigenvalue weighted by Gasteiger charge is 2.17. The smallest absolute Gasteiger partial charge is 0.340 e. The number of aromatic amines is 1. The molecule has 4 rings (SSSR count). The van der Waals surface area contributed by atoms with Gasteiger partial charge in [-0.25, -0.2) is 13.9 Å². The Morgan fingerprint density at radius 3 is 2.76 bits per heavy atom. The zero-order chi connectivity index (χ0) is 17.7. The third-order valence-corrected chi connectivity index (χ3v) is 4.19. The minimum atomic E-state index is -0.719. The molecule has 1 aromatic carbocycles. The second-order valence-electron chi connectivity index (χ2n) is 5.76. The van der Waals surface area contributed by atoms with Crippen LogP contribution in [0.4, 0.5) is 4.39 Å². The van der Waals surface area contributed by atoms with Crippen LogP contribution in [-0.2, 0) is 11.8 Å². The topological polar surface area (TPSA) is 85.7 Å². The normalized spacial score (nSPS) is 11.4. The summed E-state index contributed by atoms with van der Waals surface area (Å²) in [5, 5.41) is 8.64. The standard InChI is InChI=1S/C17H14FN5O2/c1-8-16(23(2)22-21-8)9-4-14-15(19-7-9)11-5-12(18)10(17(24)25-3)6-13(11)20-14/h4-7,20H,1-3H3. The number of benzene rings is 1. The molecule has 8 heteroatoms. The van der Waals surface area contributed by atoms with Crippen LogP contribution in [0.15, 0.2) is 24.4 Å². The Kier molecular flexibility index (Phi) is 3.28. The largest absolute Gasteiger partial charge is 0.465 e. The van der Waals surface area contributed by atoms with E-state index in [4.69, 9.17) is 0 Å². The fourth-order valence-corrected chi connectivity index (χ4v) is 3.04. The third kappa shape index (κ3) is 2.25. The first-order chi connectivity index (χ1) is 12.0. The molecule has 0 amide bonds. The van der Waals surface area contributed by atoms with Crippen LogP contribution in [0.3, 0.4) is 0 Å². The van der Waals surface area contributed by atoms with Crippen molar-refractivity contribution in [1.82, 2.24) is 25.0 Å². The Morgan fingerprint density at radius 1 is 1.28 bits per heavy atom. The highest BCUT2D eigenvalue weighted by atomic mass is 19.1. The number of carbonyl (C=O) groups is 1. The zero-order valence-electron chi connectivity index (χ0n) is 13.8. The minimum absolute atomic E-state index is 0.117. The van der Waals surface area contributed by atoms with Crippen molar-refractivity contribution in [2.75, 3.05) is 7.11 Å². The van der Waals surface area contributed by atoms with E-state index >= 15 is 0 Å². The van der Waals surface area contributed by atoms with Crippen LogP contribution in [0.2, 0.25) is 0 Å². The number of methoxy groups -OCH3 is 1. The summed E-state index contributed by atoms with van der Waals surface area (Å²) in [6.45, 7) is 1.87. The van der Waals surface area contributed by atoms with Gasteiger partial charge in [0, 0.05) is 29.7 Å². The number of H-pyrrole nitrogens is 1. The summed E-state index contributed by atoms with van der Waals surface area (Å²) in [7, 11) is 3.03. The second-order valence-corrected chi connectivity index (χ2v) is 5.76. The number of nitrogens with one attached hydrogen (secondary N) is 1. The first-order valence-corrected chi connectivity index (χ1v) is 7.55. The van der Waals surface area contributed by atoms with Gasteiger partial charge in [0.05, 0.1) is 35.1 Å². The molecule has 0 bridgehead atoms. The van der Waals surface area contributed by atoms with E-state index in [2.05, 4.69) is 25.0 Å². The minimum Gasteiger partial charge on any atom is -0.465 e. The first-order valence-electron chi connectivity index (χ1n) is 7.55. The lowest BCUT2D eigenvalue weighted by atomic mass is 10.1. The van der Waals surface area contributed by atoms with Crippen molar-refractivity contribution in [3.63, 3.8) is 0 Å². The van der Waals surface area contributed by atoms with Gasteiger partial charge in [-0.1, -0.05) is 5.21 Å². The molecular weight excluding hydrogens is 325 g/mol. The molecule has 0 aliphatic heterocycles. The molecule has 126 valence electrons. The molecule has 3 aromatic heterocycles. The molecule has 0 aliphatic rings. The molecule has 0 spiro atoms. The summed E-state index contributed by atoms with van der Waals surface area (Å²) in [6, 6.07) is 4.64. The average molecular weight is 339 g/mol. The number of pyridine rings is 1. The van der Waals surface area contributed by atoms with Gasteiger partial charge >= 0.3 is 5.97 Å². The van der Waals surface area contributed by atoms with Crippen molar-refractivity contribution in [2.24, 2.45) is 7.05 Å². The van der Waals surface area contributed by atoms with E-state index in [1.54, 1.807) is 10.9 Å². The molecule has 0 saturated carbocycles. The number of carbonyl (C=O) groups excluding carboxylic acids is 1. The predicted octanol–water partition coefficient (Wildman–Crippen LogP) is 2.75. The lowest BCUT2D eigenvalue weighted by molar-refractivity contribution is 0.0595. The number of aryl methyl sites for hydroxylation is 2. The molecule has 0 radical (unpaired) electrons. The van der Waals surface area contributed by atoms with Crippen molar-refractivity contribution in [3.05, 3.63) is 41.5 Å². The van der Waals surface area contributed by atoms with Crippen LogP contribution in [0.1, 0.15) is 16.1 Å². The maximum atomic E-state index is 14.2. The van der Waals surface area contributed by atoms with Gasteiger partial charge in [-0.2, -0.15) is 0 Å². The van der Waals surface area contributed by atoms with Crippen molar-refractivity contribution in [2.45, 2.75) is 6.92 Å². The second kappa shape index (κ2) is 5.37. The molecule has 0 saturated heterocycles. The molecule has 0 fully saturated rings. The molecule has 4 aromatic rings. The number of rotatable bonds is 2. The first kappa shape index (κ1) is 15.3. The number of halogens is 1. The monoisotopic (exact) mass is 339 g/mol. The quantitative estimate of drug-likeness (QED) is 0.568. The average Bonchev–Trinajstić information content (AvgIpc) is 3.12. The maximum Gasteiger partial charge on any atom is 0.340 e. The van der Waals surface area contributed by atoms with Gasteiger partial charge in [0.25, 0.3) is 0 Å². The fraction of sp³-hybridized carbons (Fsp3) is 0.176. The van der Waals surface area contributed by atoms with E-state index < -0.39 is 11.8 Å². The van der Waals surface area contributed by atoms with Crippen molar-refractivity contribution >= 4 is 27.9 Å².